The topological polar surface area (TPSA) is 59.6 Å². The van der Waals surface area contributed by atoms with Gasteiger partial charge in [0.1, 0.15) is 5.60 Å². The molecular formula is C18H28N2O3. The number of hydrogen-bond donors (Lipinski definition) is 2. The Kier molecular flexibility index (Phi) is 5.65. The van der Waals surface area contributed by atoms with Gasteiger partial charge in [-0.05, 0) is 63.8 Å². The van der Waals surface area contributed by atoms with Gasteiger partial charge in [0.2, 0.25) is 0 Å². The van der Waals surface area contributed by atoms with Crippen LogP contribution in [-0.4, -0.2) is 31.5 Å². The molecule has 0 saturated carbocycles. The van der Waals surface area contributed by atoms with Gasteiger partial charge >= 0.3 is 6.09 Å². The maximum Gasteiger partial charge on any atom is 0.412 e. The molecule has 5 heteroatoms. The summed E-state index contributed by atoms with van der Waals surface area (Å²) in [6.07, 6.45) is 1.66. The smallest absolute Gasteiger partial charge is 0.412 e. The van der Waals surface area contributed by atoms with E-state index >= 15 is 0 Å². The van der Waals surface area contributed by atoms with Crippen molar-refractivity contribution >= 4 is 11.8 Å². The second-order valence-electron chi connectivity index (χ2n) is 7.15. The zero-order chi connectivity index (χ0) is 17.0. The standard InChI is InChI=1S/C18H28N2O3/c1-12(11-22-5)19-16-9-6-13-10-14(7-8-15(13)16)20-17(21)23-18(2,3)4/h7-8,10,12,16,19H,6,9,11H2,1-5H3,(H,20,21). The molecule has 1 aromatic rings. The third-order valence-corrected chi connectivity index (χ3v) is 3.77. The minimum absolute atomic E-state index is 0.315. The summed E-state index contributed by atoms with van der Waals surface area (Å²) in [7, 11) is 1.72. The number of nitrogens with one attached hydrogen (secondary N) is 2. The lowest BCUT2D eigenvalue weighted by atomic mass is 10.1. The summed E-state index contributed by atoms with van der Waals surface area (Å²) in [5.41, 5.74) is 2.87. The van der Waals surface area contributed by atoms with E-state index in [9.17, 15) is 4.79 Å². The second-order valence-corrected chi connectivity index (χ2v) is 7.15. The Labute approximate surface area is 138 Å². The summed E-state index contributed by atoms with van der Waals surface area (Å²) < 4.78 is 10.5. The lowest BCUT2D eigenvalue weighted by Crippen LogP contribution is -2.32. The number of aryl methyl sites for hydroxylation is 1. The van der Waals surface area contributed by atoms with E-state index in [2.05, 4.69) is 23.6 Å². The van der Waals surface area contributed by atoms with Crippen LogP contribution in [-0.2, 0) is 15.9 Å². The number of benzene rings is 1. The predicted molar refractivity (Wildman–Crippen MR) is 91.8 cm³/mol. The van der Waals surface area contributed by atoms with Gasteiger partial charge in [-0.1, -0.05) is 6.07 Å². The highest BCUT2D eigenvalue weighted by molar-refractivity contribution is 5.85. The van der Waals surface area contributed by atoms with Gasteiger partial charge in [-0.2, -0.15) is 0 Å². The molecule has 0 radical (unpaired) electrons. The highest BCUT2D eigenvalue weighted by atomic mass is 16.6. The molecule has 128 valence electrons. The maximum atomic E-state index is 11.9. The highest BCUT2D eigenvalue weighted by Gasteiger charge is 2.24. The number of amides is 1. The Bertz CT molecular complexity index is 552. The van der Waals surface area contributed by atoms with Crippen LogP contribution in [0.15, 0.2) is 18.2 Å². The molecule has 5 nitrogen and oxygen atoms in total. The van der Waals surface area contributed by atoms with E-state index in [1.807, 2.05) is 32.9 Å². The van der Waals surface area contributed by atoms with Crippen molar-refractivity contribution in [1.82, 2.24) is 5.32 Å². The van der Waals surface area contributed by atoms with Crippen molar-refractivity contribution in [1.29, 1.82) is 0 Å². The molecule has 0 saturated heterocycles. The molecule has 0 aliphatic heterocycles. The lowest BCUT2D eigenvalue weighted by molar-refractivity contribution is 0.0636. The molecule has 1 aromatic carbocycles. The number of hydrogen-bond acceptors (Lipinski definition) is 4. The summed E-state index contributed by atoms with van der Waals surface area (Å²) in [5.74, 6) is 0. The average Bonchev–Trinajstić information content (AvgIpc) is 2.79. The summed E-state index contributed by atoms with van der Waals surface area (Å²) in [6, 6.07) is 6.74. The summed E-state index contributed by atoms with van der Waals surface area (Å²) in [5, 5.41) is 6.39. The molecule has 2 rings (SSSR count). The van der Waals surface area contributed by atoms with Gasteiger partial charge in [-0.15, -0.1) is 0 Å². The second kappa shape index (κ2) is 7.32. The number of rotatable bonds is 5. The van der Waals surface area contributed by atoms with E-state index in [1.54, 1.807) is 7.11 Å². The van der Waals surface area contributed by atoms with Gasteiger partial charge in [0.05, 0.1) is 6.61 Å². The number of fused-ring (bicyclic) bond motifs is 1. The normalized spacial score (nSPS) is 18.4. The van der Waals surface area contributed by atoms with Gasteiger partial charge in [0.15, 0.2) is 0 Å². The molecule has 1 amide bonds. The third-order valence-electron chi connectivity index (χ3n) is 3.77. The van der Waals surface area contributed by atoms with Gasteiger partial charge < -0.3 is 14.8 Å². The van der Waals surface area contributed by atoms with Crippen LogP contribution in [0.3, 0.4) is 0 Å². The van der Waals surface area contributed by atoms with Crippen molar-refractivity contribution in [3.63, 3.8) is 0 Å². The molecule has 0 fully saturated rings. The Morgan fingerprint density at radius 3 is 2.78 bits per heavy atom. The van der Waals surface area contributed by atoms with Crippen LogP contribution in [0.1, 0.15) is 51.3 Å². The minimum Gasteiger partial charge on any atom is -0.444 e. The minimum atomic E-state index is -0.493. The van der Waals surface area contributed by atoms with E-state index in [0.717, 1.165) is 18.5 Å². The number of carbonyl (C=O) groups is 1. The quantitative estimate of drug-likeness (QED) is 0.869. The average molecular weight is 320 g/mol. The molecule has 2 N–H and O–H groups in total. The Morgan fingerprint density at radius 1 is 1.39 bits per heavy atom. The van der Waals surface area contributed by atoms with Crippen LogP contribution in [0.4, 0.5) is 10.5 Å². The first-order valence-corrected chi connectivity index (χ1v) is 8.16. The monoisotopic (exact) mass is 320 g/mol. The fraction of sp³-hybridized carbons (Fsp3) is 0.611. The van der Waals surface area contributed by atoms with Gasteiger partial charge in [0.25, 0.3) is 0 Å². The molecule has 2 unspecified atom stereocenters. The molecule has 0 aromatic heterocycles. The van der Waals surface area contributed by atoms with Crippen LogP contribution in [0.25, 0.3) is 0 Å². The Morgan fingerprint density at radius 2 is 2.13 bits per heavy atom. The van der Waals surface area contributed by atoms with Crippen LogP contribution in [0.2, 0.25) is 0 Å². The van der Waals surface area contributed by atoms with Crippen molar-refractivity contribution in [2.24, 2.45) is 0 Å². The number of methoxy groups -OCH3 is 1. The Balaban J connectivity index is 2.00. The van der Waals surface area contributed by atoms with Crippen molar-refractivity contribution < 1.29 is 14.3 Å². The molecule has 1 aliphatic rings. The van der Waals surface area contributed by atoms with Crippen LogP contribution < -0.4 is 10.6 Å². The van der Waals surface area contributed by atoms with Gasteiger partial charge in [-0.25, -0.2) is 4.79 Å². The van der Waals surface area contributed by atoms with Crippen molar-refractivity contribution in [2.75, 3.05) is 19.0 Å². The fourth-order valence-electron chi connectivity index (χ4n) is 2.93. The number of anilines is 1. The molecule has 2 atom stereocenters. The van der Waals surface area contributed by atoms with Crippen molar-refractivity contribution in [2.45, 2.75) is 58.2 Å². The van der Waals surface area contributed by atoms with Crippen molar-refractivity contribution in [3.8, 4) is 0 Å². The van der Waals surface area contributed by atoms with Crippen LogP contribution in [0.5, 0.6) is 0 Å². The number of ether oxygens (including phenoxy) is 2. The molecule has 0 heterocycles. The Hall–Kier alpha value is -1.59. The lowest BCUT2D eigenvalue weighted by Gasteiger charge is -2.21. The van der Waals surface area contributed by atoms with Crippen molar-refractivity contribution in [3.05, 3.63) is 29.3 Å². The van der Waals surface area contributed by atoms with Gasteiger partial charge in [-0.3, -0.25) is 5.32 Å². The molecule has 0 spiro atoms. The molecule has 1 aliphatic carbocycles. The summed E-state index contributed by atoms with van der Waals surface area (Å²) in [4.78, 5) is 11.9. The predicted octanol–water partition coefficient (Wildman–Crippen LogP) is 3.65. The van der Waals surface area contributed by atoms with Crippen LogP contribution in [0, 0.1) is 0 Å². The molecule has 23 heavy (non-hydrogen) atoms. The van der Waals surface area contributed by atoms with E-state index < -0.39 is 11.7 Å². The first-order valence-electron chi connectivity index (χ1n) is 8.16. The zero-order valence-corrected chi connectivity index (χ0v) is 14.7. The van der Waals surface area contributed by atoms with E-state index in [0.29, 0.717) is 18.7 Å². The first-order chi connectivity index (χ1) is 10.8. The molecular weight excluding hydrogens is 292 g/mol. The number of carbonyl (C=O) groups excluding carboxylic acids is 1. The SMILES string of the molecule is COCC(C)NC1CCc2cc(NC(=O)OC(C)(C)C)ccc21. The largest absolute Gasteiger partial charge is 0.444 e. The third kappa shape index (κ3) is 5.22. The first kappa shape index (κ1) is 17.8. The summed E-state index contributed by atoms with van der Waals surface area (Å²) in [6.45, 7) is 8.39. The van der Waals surface area contributed by atoms with Crippen LogP contribution >= 0.6 is 0 Å². The highest BCUT2D eigenvalue weighted by Crippen LogP contribution is 2.33. The fourth-order valence-corrected chi connectivity index (χ4v) is 2.93. The summed E-state index contributed by atoms with van der Waals surface area (Å²) >= 11 is 0. The maximum absolute atomic E-state index is 11.9. The molecule has 0 bridgehead atoms. The van der Waals surface area contributed by atoms with E-state index in [4.69, 9.17) is 9.47 Å². The van der Waals surface area contributed by atoms with E-state index in [-0.39, 0.29) is 0 Å². The van der Waals surface area contributed by atoms with Gasteiger partial charge in [0, 0.05) is 24.9 Å². The van der Waals surface area contributed by atoms with E-state index in [1.165, 1.54) is 11.1 Å². The zero-order valence-electron chi connectivity index (χ0n) is 14.7.